The summed E-state index contributed by atoms with van der Waals surface area (Å²) in [5.74, 6) is 0.0416. The molecule has 1 N–H and O–H groups in total. The zero-order chi connectivity index (χ0) is 14.5. The van der Waals surface area contributed by atoms with Crippen molar-refractivity contribution in [3.05, 3.63) is 33.8 Å². The highest BCUT2D eigenvalue weighted by Crippen LogP contribution is 2.25. The second-order valence-electron chi connectivity index (χ2n) is 5.28. The maximum absolute atomic E-state index is 12.4. The Morgan fingerprint density at radius 1 is 1.40 bits per heavy atom. The van der Waals surface area contributed by atoms with Crippen molar-refractivity contribution >= 4 is 27.6 Å². The number of hydrogen-bond acceptors (Lipinski definition) is 2. The van der Waals surface area contributed by atoms with E-state index in [0.717, 1.165) is 41.3 Å². The topological polar surface area (TPSA) is 46.2 Å². The third-order valence-corrected chi connectivity index (χ3v) is 4.19. The summed E-state index contributed by atoms with van der Waals surface area (Å²) in [5.41, 5.74) is 1.82. The number of carbonyl (C=O) groups excluding carboxylic acids is 2. The molecule has 1 amide bonds. The summed E-state index contributed by atoms with van der Waals surface area (Å²) >= 11 is 3.42. The van der Waals surface area contributed by atoms with Gasteiger partial charge in [-0.1, -0.05) is 35.7 Å². The molecule has 0 saturated carbocycles. The number of benzene rings is 1. The largest absolute Gasteiger partial charge is 0.346 e. The van der Waals surface area contributed by atoms with Crippen LogP contribution in [0.3, 0.4) is 0 Å². The Labute approximate surface area is 128 Å². The van der Waals surface area contributed by atoms with Crippen LogP contribution in [0.25, 0.3) is 0 Å². The molecule has 2 rings (SSSR count). The van der Waals surface area contributed by atoms with Crippen LogP contribution in [-0.4, -0.2) is 17.7 Å². The average molecular weight is 338 g/mol. The van der Waals surface area contributed by atoms with Crippen molar-refractivity contribution in [3.63, 3.8) is 0 Å². The van der Waals surface area contributed by atoms with Crippen LogP contribution in [0.4, 0.5) is 0 Å². The lowest BCUT2D eigenvalue weighted by Crippen LogP contribution is -2.43. The molecule has 1 aliphatic rings. The van der Waals surface area contributed by atoms with Gasteiger partial charge in [-0.3, -0.25) is 9.59 Å². The lowest BCUT2D eigenvalue weighted by Gasteiger charge is -2.24. The average Bonchev–Trinajstić information content (AvgIpc) is 2.42. The number of unbranched alkanes of at least 4 members (excludes halogenated alkanes) is 2. The Morgan fingerprint density at radius 2 is 2.20 bits per heavy atom. The summed E-state index contributed by atoms with van der Waals surface area (Å²) in [6.07, 6.45) is 5.10. The number of fused-ring (bicyclic) bond motifs is 1. The van der Waals surface area contributed by atoms with Crippen LogP contribution < -0.4 is 5.32 Å². The zero-order valence-electron chi connectivity index (χ0n) is 11.7. The lowest BCUT2D eigenvalue weighted by atomic mass is 9.87. The Bertz CT molecular complexity index is 513. The smallest absolute Gasteiger partial charge is 0.220 e. The lowest BCUT2D eigenvalue weighted by molar-refractivity contribution is -0.121. The molecule has 3 nitrogen and oxygen atoms in total. The van der Waals surface area contributed by atoms with E-state index in [1.54, 1.807) is 0 Å². The maximum atomic E-state index is 12.4. The zero-order valence-corrected chi connectivity index (χ0v) is 13.3. The molecule has 1 aliphatic carbocycles. The Kier molecular flexibility index (Phi) is 5.35. The van der Waals surface area contributed by atoms with Gasteiger partial charge >= 0.3 is 0 Å². The number of Topliss-reactive ketones (excluding diaryl/α,β-unsaturated/α-hetero) is 1. The summed E-state index contributed by atoms with van der Waals surface area (Å²) in [6, 6.07) is 5.36. The minimum atomic E-state index is -0.349. The second kappa shape index (κ2) is 7.02. The van der Waals surface area contributed by atoms with Gasteiger partial charge in [0.15, 0.2) is 5.78 Å². The van der Waals surface area contributed by atoms with Crippen LogP contribution in [0.5, 0.6) is 0 Å². The van der Waals surface area contributed by atoms with E-state index in [2.05, 4.69) is 28.2 Å². The van der Waals surface area contributed by atoms with Crippen molar-refractivity contribution in [2.45, 2.75) is 51.5 Å². The first-order chi connectivity index (χ1) is 9.61. The van der Waals surface area contributed by atoms with Crippen molar-refractivity contribution in [3.8, 4) is 0 Å². The van der Waals surface area contributed by atoms with E-state index in [1.807, 2.05) is 18.2 Å². The molecule has 1 atom stereocenters. The molecule has 1 aromatic carbocycles. The molecule has 0 aliphatic heterocycles. The van der Waals surface area contributed by atoms with Crippen molar-refractivity contribution in [2.24, 2.45) is 0 Å². The van der Waals surface area contributed by atoms with E-state index < -0.39 is 0 Å². The van der Waals surface area contributed by atoms with Gasteiger partial charge in [-0.15, -0.1) is 0 Å². The summed E-state index contributed by atoms with van der Waals surface area (Å²) in [4.78, 5) is 24.2. The van der Waals surface area contributed by atoms with E-state index in [4.69, 9.17) is 0 Å². The maximum Gasteiger partial charge on any atom is 0.220 e. The van der Waals surface area contributed by atoms with Gasteiger partial charge in [-0.2, -0.15) is 0 Å². The molecule has 1 unspecified atom stereocenters. The van der Waals surface area contributed by atoms with Crippen LogP contribution in [0.1, 0.15) is 54.9 Å². The van der Waals surface area contributed by atoms with Crippen LogP contribution in [-0.2, 0) is 11.2 Å². The Morgan fingerprint density at radius 3 is 2.95 bits per heavy atom. The molecule has 0 fully saturated rings. The number of hydrogen-bond donors (Lipinski definition) is 1. The number of amides is 1. The fourth-order valence-electron chi connectivity index (χ4n) is 2.57. The molecule has 0 aromatic heterocycles. The second-order valence-corrected chi connectivity index (χ2v) is 6.20. The van der Waals surface area contributed by atoms with Gasteiger partial charge in [-0.05, 0) is 43.0 Å². The summed E-state index contributed by atoms with van der Waals surface area (Å²) in [5, 5.41) is 2.88. The molecule has 0 spiro atoms. The normalized spacial score (nSPS) is 17.7. The number of ketones is 1. The van der Waals surface area contributed by atoms with Gasteiger partial charge in [0.2, 0.25) is 5.91 Å². The molecular formula is C16H20BrNO2. The fourth-order valence-corrected chi connectivity index (χ4v) is 2.98. The monoisotopic (exact) mass is 337 g/mol. The van der Waals surface area contributed by atoms with E-state index >= 15 is 0 Å². The molecule has 20 heavy (non-hydrogen) atoms. The van der Waals surface area contributed by atoms with E-state index in [-0.39, 0.29) is 17.7 Å². The SMILES string of the molecule is CCCCCC(=O)NC1CCc2cc(Br)ccc2C1=O. The Balaban J connectivity index is 1.97. The van der Waals surface area contributed by atoms with Crippen LogP contribution >= 0.6 is 15.9 Å². The fraction of sp³-hybridized carbons (Fsp3) is 0.500. The van der Waals surface area contributed by atoms with Crippen molar-refractivity contribution in [1.82, 2.24) is 5.32 Å². The van der Waals surface area contributed by atoms with E-state index in [1.165, 1.54) is 0 Å². The number of halogens is 1. The van der Waals surface area contributed by atoms with E-state index in [0.29, 0.717) is 12.8 Å². The Hall–Kier alpha value is -1.16. The first-order valence-corrected chi connectivity index (χ1v) is 8.03. The summed E-state index contributed by atoms with van der Waals surface area (Å²) < 4.78 is 0.992. The minimum Gasteiger partial charge on any atom is -0.346 e. The van der Waals surface area contributed by atoms with Crippen molar-refractivity contribution in [1.29, 1.82) is 0 Å². The molecule has 0 radical (unpaired) electrons. The number of rotatable bonds is 5. The molecule has 4 heteroatoms. The third-order valence-electron chi connectivity index (χ3n) is 3.69. The third kappa shape index (κ3) is 3.69. The highest BCUT2D eigenvalue weighted by atomic mass is 79.9. The highest BCUT2D eigenvalue weighted by Gasteiger charge is 2.28. The quantitative estimate of drug-likeness (QED) is 0.833. The first kappa shape index (κ1) is 15.2. The molecular weight excluding hydrogens is 318 g/mol. The molecule has 1 aromatic rings. The minimum absolute atomic E-state index is 0.00244. The van der Waals surface area contributed by atoms with Crippen molar-refractivity contribution in [2.75, 3.05) is 0 Å². The number of nitrogens with one attached hydrogen (secondary N) is 1. The number of carbonyl (C=O) groups is 2. The predicted octanol–water partition coefficient (Wildman–Crippen LogP) is 3.64. The first-order valence-electron chi connectivity index (χ1n) is 7.24. The van der Waals surface area contributed by atoms with Gasteiger partial charge in [0.25, 0.3) is 0 Å². The van der Waals surface area contributed by atoms with Crippen molar-refractivity contribution < 1.29 is 9.59 Å². The van der Waals surface area contributed by atoms with Crippen LogP contribution in [0.15, 0.2) is 22.7 Å². The van der Waals surface area contributed by atoms with Gasteiger partial charge in [0, 0.05) is 16.5 Å². The molecule has 108 valence electrons. The molecule has 0 heterocycles. The summed E-state index contributed by atoms with van der Waals surface area (Å²) in [7, 11) is 0. The van der Waals surface area contributed by atoms with Crippen LogP contribution in [0, 0.1) is 0 Å². The number of aryl methyl sites for hydroxylation is 1. The molecule has 0 bridgehead atoms. The molecule has 0 saturated heterocycles. The predicted molar refractivity (Wildman–Crippen MR) is 82.9 cm³/mol. The van der Waals surface area contributed by atoms with Crippen LogP contribution in [0.2, 0.25) is 0 Å². The van der Waals surface area contributed by atoms with Gasteiger partial charge in [-0.25, -0.2) is 0 Å². The van der Waals surface area contributed by atoms with E-state index in [9.17, 15) is 9.59 Å². The summed E-state index contributed by atoms with van der Waals surface area (Å²) in [6.45, 7) is 2.11. The van der Waals surface area contributed by atoms with Gasteiger partial charge in [0.05, 0.1) is 6.04 Å². The highest BCUT2D eigenvalue weighted by molar-refractivity contribution is 9.10. The standard InChI is InChI=1S/C16H20BrNO2/c1-2-3-4-5-15(19)18-14-9-6-11-10-12(17)7-8-13(11)16(14)20/h7-8,10,14H,2-6,9H2,1H3,(H,18,19). The van der Waals surface area contributed by atoms with Gasteiger partial charge < -0.3 is 5.32 Å². The van der Waals surface area contributed by atoms with Gasteiger partial charge in [0.1, 0.15) is 0 Å².